The molecule has 0 spiro atoms. The third-order valence-corrected chi connectivity index (χ3v) is 7.05. The predicted molar refractivity (Wildman–Crippen MR) is 146 cm³/mol. The molecule has 1 atom stereocenters. The van der Waals surface area contributed by atoms with Crippen molar-refractivity contribution in [3.05, 3.63) is 29.3 Å². The number of hydrogen-bond donors (Lipinski definition) is 6. The number of nitrogens with one attached hydrogen (secondary N) is 4. The zero-order chi connectivity index (χ0) is 33.5. The summed E-state index contributed by atoms with van der Waals surface area (Å²) in [4.78, 5) is 43.7. The summed E-state index contributed by atoms with van der Waals surface area (Å²) in [6, 6.07) is 9.48. The third kappa shape index (κ3) is 15.4. The van der Waals surface area contributed by atoms with E-state index in [0.29, 0.717) is 28.7 Å². The van der Waals surface area contributed by atoms with Gasteiger partial charge in [-0.05, 0) is 49.9 Å². The van der Waals surface area contributed by atoms with Crippen molar-refractivity contribution in [2.24, 2.45) is 0 Å². The maximum Gasteiger partial charge on any atom is 0.490 e. The number of nitrogens with zero attached hydrogens (tertiary/aromatic N) is 2. The number of halogens is 7. The largest absolute Gasteiger partial charge is 0.490 e. The molecule has 44 heavy (non-hydrogen) atoms. The summed E-state index contributed by atoms with van der Waals surface area (Å²) >= 11 is 7.45. The number of hydrogen-bond acceptors (Lipinski definition) is 9. The van der Waals surface area contributed by atoms with Crippen molar-refractivity contribution in [1.82, 2.24) is 21.1 Å². The molecule has 1 saturated heterocycles. The first-order valence-corrected chi connectivity index (χ1v) is 14.1. The number of thioether (sulfide) groups is 1. The smallest absolute Gasteiger partial charge is 0.475 e. The lowest BCUT2D eigenvalue weighted by molar-refractivity contribution is -0.193. The van der Waals surface area contributed by atoms with E-state index in [1.165, 1.54) is 0 Å². The predicted octanol–water partition coefficient (Wildman–Crippen LogP) is 2.97. The van der Waals surface area contributed by atoms with Crippen LogP contribution in [0.2, 0.25) is 5.02 Å². The average molecular weight is 679 g/mol. The number of carboxylic acid groups (broad SMARTS) is 2. The Morgan fingerprint density at radius 2 is 1.43 bits per heavy atom. The van der Waals surface area contributed by atoms with Crippen molar-refractivity contribution in [2.75, 3.05) is 30.0 Å². The highest BCUT2D eigenvalue weighted by Crippen LogP contribution is 2.21. The molecular formula is C24H29ClF6N6O6S. The number of aliphatic carboxylic acids is 2. The SMILES string of the molecule is N#CC1CSCN1C(=O)CNNC1CCC(NCC(=O)Nc2ccc(Cl)cc2)CC1.O=C(O)C(F)(F)F.O=C(O)C(F)(F)F. The van der Waals surface area contributed by atoms with Crippen LogP contribution >= 0.6 is 23.4 Å². The molecule has 0 radical (unpaired) electrons. The molecule has 2 amide bonds. The fourth-order valence-corrected chi connectivity index (χ4v) is 4.82. The number of alkyl halides is 6. The summed E-state index contributed by atoms with van der Waals surface area (Å²) < 4.78 is 63.5. The maximum absolute atomic E-state index is 12.2. The fraction of sp³-hybridized carbons (Fsp3) is 0.542. The average Bonchev–Trinajstić information content (AvgIpc) is 3.43. The molecule has 12 nitrogen and oxygen atoms in total. The van der Waals surface area contributed by atoms with Gasteiger partial charge < -0.3 is 25.7 Å². The Balaban J connectivity index is 0.000000574. The molecule has 1 heterocycles. The number of amides is 2. The van der Waals surface area contributed by atoms with E-state index >= 15 is 0 Å². The van der Waals surface area contributed by atoms with E-state index in [4.69, 9.17) is 36.7 Å². The Kier molecular flexibility index (Phi) is 16.3. The molecule has 20 heteroatoms. The minimum Gasteiger partial charge on any atom is -0.475 e. The lowest BCUT2D eigenvalue weighted by atomic mass is 9.91. The Labute approximate surface area is 256 Å². The number of carbonyl (C=O) groups excluding carboxylic acids is 2. The molecule has 1 aromatic carbocycles. The zero-order valence-electron chi connectivity index (χ0n) is 22.7. The number of nitriles is 1. The first-order valence-electron chi connectivity index (χ1n) is 12.6. The Hall–Kier alpha value is -3.31. The molecule has 6 N–H and O–H groups in total. The summed E-state index contributed by atoms with van der Waals surface area (Å²) in [5.41, 5.74) is 6.98. The highest BCUT2D eigenvalue weighted by atomic mass is 35.5. The van der Waals surface area contributed by atoms with E-state index in [2.05, 4.69) is 27.6 Å². The Morgan fingerprint density at radius 1 is 0.932 bits per heavy atom. The van der Waals surface area contributed by atoms with Gasteiger partial charge in [-0.25, -0.2) is 15.0 Å². The van der Waals surface area contributed by atoms with Crippen molar-refractivity contribution in [3.8, 4) is 6.07 Å². The van der Waals surface area contributed by atoms with Crippen molar-refractivity contribution in [2.45, 2.75) is 56.2 Å². The van der Waals surface area contributed by atoms with Crippen molar-refractivity contribution in [3.63, 3.8) is 0 Å². The minimum atomic E-state index is -5.08. The maximum atomic E-state index is 12.2. The van der Waals surface area contributed by atoms with E-state index in [1.54, 1.807) is 40.9 Å². The van der Waals surface area contributed by atoms with Crippen LogP contribution in [0.4, 0.5) is 32.0 Å². The standard InChI is InChI=1S/C20H27ClN6O2S.2C2HF3O2/c21-14-1-3-16(4-2-14)25-19(28)10-23-15-5-7-17(8-6-15)26-24-11-20(29)27-13-30-12-18(27)9-22;2*3-2(4,5)1(6)7/h1-4,15,17-18,23-24,26H,5-8,10-13H2,(H,25,28);2*(H,6,7). The summed E-state index contributed by atoms with van der Waals surface area (Å²) in [6.45, 7) is 0.452. The Morgan fingerprint density at radius 3 is 1.91 bits per heavy atom. The quantitative estimate of drug-likeness (QED) is 0.176. The summed E-state index contributed by atoms with van der Waals surface area (Å²) in [5, 5.41) is 30.1. The van der Waals surface area contributed by atoms with Gasteiger partial charge in [0.1, 0.15) is 6.04 Å². The van der Waals surface area contributed by atoms with E-state index in [1.807, 2.05) is 0 Å². The van der Waals surface area contributed by atoms with Gasteiger partial charge in [0.2, 0.25) is 11.8 Å². The van der Waals surface area contributed by atoms with Crippen molar-refractivity contribution < 1.29 is 55.7 Å². The lowest BCUT2D eigenvalue weighted by Gasteiger charge is -2.30. The second-order valence-corrected chi connectivity index (χ2v) is 10.5. The second kappa shape index (κ2) is 18.5. The van der Waals surface area contributed by atoms with Crippen LogP contribution < -0.4 is 21.5 Å². The molecule has 2 aliphatic rings. The topological polar surface area (TPSA) is 184 Å². The molecule has 0 aromatic heterocycles. The molecule has 1 aliphatic carbocycles. The molecule has 1 aliphatic heterocycles. The molecule has 2 fully saturated rings. The Bertz CT molecular complexity index is 1120. The molecule has 1 aromatic rings. The number of carboxylic acids is 2. The molecule has 3 rings (SSSR count). The normalized spacial score (nSPS) is 19.8. The zero-order valence-corrected chi connectivity index (χ0v) is 24.2. The van der Waals surface area contributed by atoms with Crippen LogP contribution in [0.1, 0.15) is 25.7 Å². The van der Waals surface area contributed by atoms with Crippen LogP contribution in [0.15, 0.2) is 24.3 Å². The van der Waals surface area contributed by atoms with Crippen molar-refractivity contribution >= 4 is 52.8 Å². The van der Waals surface area contributed by atoms with Crippen LogP contribution in [0.3, 0.4) is 0 Å². The van der Waals surface area contributed by atoms with E-state index < -0.39 is 24.3 Å². The van der Waals surface area contributed by atoms with Gasteiger partial charge in [-0.15, -0.1) is 11.8 Å². The fourth-order valence-electron chi connectivity index (χ4n) is 3.59. The minimum absolute atomic E-state index is 0.0545. The number of benzene rings is 1. The van der Waals surface area contributed by atoms with Crippen LogP contribution in [0.25, 0.3) is 0 Å². The van der Waals surface area contributed by atoms with Crippen LogP contribution in [0, 0.1) is 11.3 Å². The van der Waals surface area contributed by atoms with Gasteiger partial charge in [0, 0.05) is 28.5 Å². The first-order chi connectivity index (χ1) is 20.4. The summed E-state index contributed by atoms with van der Waals surface area (Å²) in [5.74, 6) is -4.37. The van der Waals surface area contributed by atoms with Crippen molar-refractivity contribution in [1.29, 1.82) is 5.26 Å². The van der Waals surface area contributed by atoms with Crippen LogP contribution in [0.5, 0.6) is 0 Å². The number of anilines is 1. The lowest BCUT2D eigenvalue weighted by Crippen LogP contribution is -2.50. The number of carbonyl (C=O) groups is 4. The molecule has 246 valence electrons. The summed E-state index contributed by atoms with van der Waals surface area (Å²) in [7, 11) is 0. The molecule has 1 saturated carbocycles. The molecule has 0 bridgehead atoms. The van der Waals surface area contributed by atoms with Gasteiger partial charge in [0.05, 0.1) is 25.0 Å². The van der Waals surface area contributed by atoms with E-state index in [-0.39, 0.29) is 30.9 Å². The monoisotopic (exact) mass is 678 g/mol. The second-order valence-electron chi connectivity index (χ2n) is 9.10. The van der Waals surface area contributed by atoms with Gasteiger partial charge in [-0.3, -0.25) is 15.0 Å². The van der Waals surface area contributed by atoms with Crippen LogP contribution in [-0.4, -0.2) is 94.1 Å². The van der Waals surface area contributed by atoms with E-state index in [0.717, 1.165) is 31.4 Å². The first kappa shape index (κ1) is 38.7. The van der Waals surface area contributed by atoms with Gasteiger partial charge in [0.15, 0.2) is 0 Å². The number of hydrazine groups is 1. The van der Waals surface area contributed by atoms with Gasteiger partial charge in [-0.1, -0.05) is 11.6 Å². The van der Waals surface area contributed by atoms with Gasteiger partial charge in [0.25, 0.3) is 0 Å². The van der Waals surface area contributed by atoms with Gasteiger partial charge >= 0.3 is 24.3 Å². The molecule has 1 unspecified atom stereocenters. The molecular weight excluding hydrogens is 650 g/mol. The van der Waals surface area contributed by atoms with E-state index in [9.17, 15) is 35.9 Å². The highest BCUT2D eigenvalue weighted by molar-refractivity contribution is 7.99. The highest BCUT2D eigenvalue weighted by Gasteiger charge is 2.39. The number of rotatable bonds is 8. The third-order valence-electron chi connectivity index (χ3n) is 5.79. The summed E-state index contributed by atoms with van der Waals surface area (Å²) in [6.07, 6.45) is -6.34. The van der Waals surface area contributed by atoms with Crippen LogP contribution in [-0.2, 0) is 19.2 Å². The van der Waals surface area contributed by atoms with Gasteiger partial charge in [-0.2, -0.15) is 31.6 Å².